The van der Waals surface area contributed by atoms with Gasteiger partial charge in [-0.2, -0.15) is 0 Å². The first-order valence-electron chi connectivity index (χ1n) is 5.39. The molecule has 0 bridgehead atoms. The Bertz CT molecular complexity index is 424. The molecule has 0 aliphatic carbocycles. The molecule has 0 saturated carbocycles. The van der Waals surface area contributed by atoms with Crippen molar-refractivity contribution in [1.29, 1.82) is 0 Å². The Kier molecular flexibility index (Phi) is 3.67. The van der Waals surface area contributed by atoms with Gasteiger partial charge in [-0.25, -0.2) is 4.39 Å². The fraction of sp³-hybridized carbons (Fsp3) is 0.417. The van der Waals surface area contributed by atoms with Gasteiger partial charge in [0.1, 0.15) is 5.82 Å². The molecule has 1 aliphatic rings. The zero-order valence-corrected chi connectivity index (χ0v) is 11.9. The number of carbonyl (C=O) groups is 1. The molecule has 0 N–H and O–H groups in total. The summed E-state index contributed by atoms with van der Waals surface area (Å²) in [6.45, 7) is 1.44. The lowest BCUT2D eigenvalue weighted by atomic mass is 10.1. The van der Waals surface area contributed by atoms with Crippen molar-refractivity contribution in [1.82, 2.24) is 9.80 Å². The number of amides is 1. The first kappa shape index (κ1) is 12.8. The maximum absolute atomic E-state index is 13.2. The van der Waals surface area contributed by atoms with Crippen LogP contribution in [0.5, 0.6) is 0 Å². The van der Waals surface area contributed by atoms with Crippen molar-refractivity contribution in [3.8, 4) is 0 Å². The third kappa shape index (κ3) is 2.77. The van der Waals surface area contributed by atoms with Crippen LogP contribution in [0, 0.1) is 9.39 Å². The SMILES string of the molecule is CN(C)C1CN(C(=O)c2cc(F)cc(I)c2)C1. The van der Waals surface area contributed by atoms with Crippen LogP contribution < -0.4 is 0 Å². The van der Waals surface area contributed by atoms with E-state index in [1.165, 1.54) is 12.1 Å². The Labute approximate surface area is 114 Å². The molecule has 1 aliphatic heterocycles. The summed E-state index contributed by atoms with van der Waals surface area (Å²) in [5.74, 6) is -0.439. The van der Waals surface area contributed by atoms with Gasteiger partial charge in [-0.3, -0.25) is 4.79 Å². The average Bonchev–Trinajstić information content (AvgIpc) is 2.12. The van der Waals surface area contributed by atoms with Crippen LogP contribution in [0.15, 0.2) is 18.2 Å². The van der Waals surface area contributed by atoms with E-state index in [1.807, 2.05) is 36.7 Å². The topological polar surface area (TPSA) is 23.6 Å². The normalized spacial score (nSPS) is 16.2. The van der Waals surface area contributed by atoms with Crippen molar-refractivity contribution in [2.45, 2.75) is 6.04 Å². The van der Waals surface area contributed by atoms with Gasteiger partial charge in [0, 0.05) is 28.3 Å². The Balaban J connectivity index is 2.06. The molecule has 0 radical (unpaired) electrons. The number of hydrogen-bond acceptors (Lipinski definition) is 2. The highest BCUT2D eigenvalue weighted by Gasteiger charge is 2.32. The van der Waals surface area contributed by atoms with E-state index in [0.29, 0.717) is 11.6 Å². The summed E-state index contributed by atoms with van der Waals surface area (Å²) < 4.78 is 13.9. The Morgan fingerprint density at radius 1 is 1.41 bits per heavy atom. The zero-order valence-electron chi connectivity index (χ0n) is 9.78. The summed E-state index contributed by atoms with van der Waals surface area (Å²) in [6, 6.07) is 4.85. The molecule has 0 spiro atoms. The lowest BCUT2D eigenvalue weighted by Gasteiger charge is -2.42. The van der Waals surface area contributed by atoms with Crippen LogP contribution in [0.25, 0.3) is 0 Å². The van der Waals surface area contributed by atoms with E-state index < -0.39 is 0 Å². The predicted octanol–water partition coefficient (Wildman–Crippen LogP) is 1.82. The summed E-state index contributed by atoms with van der Waals surface area (Å²) in [6.07, 6.45) is 0. The molecule has 92 valence electrons. The first-order valence-corrected chi connectivity index (χ1v) is 6.47. The van der Waals surface area contributed by atoms with E-state index in [0.717, 1.165) is 16.7 Å². The zero-order chi connectivity index (χ0) is 12.6. The van der Waals surface area contributed by atoms with Crippen LogP contribution >= 0.6 is 22.6 Å². The molecule has 3 nitrogen and oxygen atoms in total. The smallest absolute Gasteiger partial charge is 0.254 e. The largest absolute Gasteiger partial charge is 0.335 e. The number of benzene rings is 1. The molecule has 5 heteroatoms. The van der Waals surface area contributed by atoms with Crippen LogP contribution in [0.2, 0.25) is 0 Å². The van der Waals surface area contributed by atoms with E-state index in [9.17, 15) is 9.18 Å². The molecule has 0 atom stereocenters. The fourth-order valence-corrected chi connectivity index (χ4v) is 2.44. The molecule has 1 fully saturated rings. The maximum atomic E-state index is 13.2. The van der Waals surface area contributed by atoms with Gasteiger partial charge in [-0.15, -0.1) is 0 Å². The first-order chi connectivity index (χ1) is 7.97. The van der Waals surface area contributed by atoms with Crippen LogP contribution in [0.1, 0.15) is 10.4 Å². The minimum atomic E-state index is -0.357. The lowest BCUT2D eigenvalue weighted by molar-refractivity contribution is 0.0399. The molecule has 2 rings (SSSR count). The summed E-state index contributed by atoms with van der Waals surface area (Å²) in [5, 5.41) is 0. The van der Waals surface area contributed by atoms with Gasteiger partial charge >= 0.3 is 0 Å². The number of halogens is 2. The maximum Gasteiger partial charge on any atom is 0.254 e. The molecule has 1 heterocycles. The van der Waals surface area contributed by atoms with Crippen LogP contribution in [0.4, 0.5) is 4.39 Å². The molecular formula is C12H14FIN2O. The Hall–Kier alpha value is -0.690. The molecule has 0 aromatic heterocycles. The third-order valence-corrected chi connectivity index (χ3v) is 3.61. The second kappa shape index (κ2) is 4.89. The second-order valence-corrected chi connectivity index (χ2v) is 5.73. The molecule has 1 saturated heterocycles. The van der Waals surface area contributed by atoms with E-state index in [2.05, 4.69) is 4.90 Å². The van der Waals surface area contributed by atoms with Crippen molar-refractivity contribution >= 4 is 28.5 Å². The number of carbonyl (C=O) groups excluding carboxylic acids is 1. The summed E-state index contributed by atoms with van der Waals surface area (Å²) in [5.41, 5.74) is 0.437. The molecule has 17 heavy (non-hydrogen) atoms. The third-order valence-electron chi connectivity index (χ3n) is 2.99. The standard InChI is InChI=1S/C12H14FIN2O/c1-15(2)11-6-16(7-11)12(17)8-3-9(13)5-10(14)4-8/h3-5,11H,6-7H2,1-2H3. The van der Waals surface area contributed by atoms with Gasteiger partial charge in [-0.1, -0.05) is 0 Å². The molecule has 1 amide bonds. The van der Waals surface area contributed by atoms with Crippen LogP contribution in [-0.2, 0) is 0 Å². The number of rotatable bonds is 2. The lowest BCUT2D eigenvalue weighted by Crippen LogP contribution is -2.59. The number of likely N-dealkylation sites (N-methyl/N-ethyl adjacent to an activating group) is 1. The predicted molar refractivity (Wildman–Crippen MR) is 72.5 cm³/mol. The minimum absolute atomic E-state index is 0.0829. The van der Waals surface area contributed by atoms with Gasteiger partial charge in [-0.05, 0) is 54.9 Å². The molecule has 1 aromatic rings. The van der Waals surface area contributed by atoms with Crippen LogP contribution in [-0.4, -0.2) is 48.9 Å². The average molecular weight is 348 g/mol. The number of hydrogen-bond donors (Lipinski definition) is 0. The van der Waals surface area contributed by atoms with Crippen LogP contribution in [0.3, 0.4) is 0 Å². The van der Waals surface area contributed by atoms with Crippen molar-refractivity contribution < 1.29 is 9.18 Å². The summed E-state index contributed by atoms with van der Waals surface area (Å²) >= 11 is 2.01. The summed E-state index contributed by atoms with van der Waals surface area (Å²) in [7, 11) is 4.00. The molecule has 1 aromatic carbocycles. The fourth-order valence-electron chi connectivity index (χ4n) is 1.81. The van der Waals surface area contributed by atoms with Gasteiger partial charge in [0.05, 0.1) is 0 Å². The molecule has 0 unspecified atom stereocenters. The van der Waals surface area contributed by atoms with E-state index in [4.69, 9.17) is 0 Å². The highest BCUT2D eigenvalue weighted by atomic mass is 127. The molecular weight excluding hydrogens is 334 g/mol. The summed E-state index contributed by atoms with van der Waals surface area (Å²) in [4.78, 5) is 15.9. The Morgan fingerprint density at radius 2 is 2.06 bits per heavy atom. The van der Waals surface area contributed by atoms with Crippen molar-refractivity contribution in [3.63, 3.8) is 0 Å². The van der Waals surface area contributed by atoms with Crippen molar-refractivity contribution in [2.75, 3.05) is 27.2 Å². The van der Waals surface area contributed by atoms with E-state index in [1.54, 1.807) is 11.0 Å². The Morgan fingerprint density at radius 3 is 2.59 bits per heavy atom. The van der Waals surface area contributed by atoms with Gasteiger partial charge < -0.3 is 9.80 Å². The second-order valence-electron chi connectivity index (χ2n) is 4.49. The quantitative estimate of drug-likeness (QED) is 0.762. The minimum Gasteiger partial charge on any atom is -0.335 e. The number of nitrogens with zero attached hydrogens (tertiary/aromatic N) is 2. The highest BCUT2D eigenvalue weighted by Crippen LogP contribution is 2.18. The monoisotopic (exact) mass is 348 g/mol. The van der Waals surface area contributed by atoms with Crippen molar-refractivity contribution in [2.24, 2.45) is 0 Å². The van der Waals surface area contributed by atoms with Gasteiger partial charge in [0.2, 0.25) is 0 Å². The van der Waals surface area contributed by atoms with E-state index >= 15 is 0 Å². The highest BCUT2D eigenvalue weighted by molar-refractivity contribution is 14.1. The van der Waals surface area contributed by atoms with Gasteiger partial charge in [0.25, 0.3) is 5.91 Å². The van der Waals surface area contributed by atoms with Gasteiger partial charge in [0.15, 0.2) is 0 Å². The van der Waals surface area contributed by atoms with Crippen molar-refractivity contribution in [3.05, 3.63) is 33.1 Å². The number of likely N-dealkylation sites (tertiary alicyclic amines) is 1. The van der Waals surface area contributed by atoms with E-state index in [-0.39, 0.29) is 11.7 Å².